The van der Waals surface area contributed by atoms with Gasteiger partial charge in [-0.15, -0.1) is 0 Å². The summed E-state index contributed by atoms with van der Waals surface area (Å²) in [4.78, 5) is 0. The lowest BCUT2D eigenvalue weighted by molar-refractivity contribution is 0.687. The van der Waals surface area contributed by atoms with Crippen LogP contribution in [0.3, 0.4) is 0 Å². The summed E-state index contributed by atoms with van der Waals surface area (Å²) in [6, 6.07) is 13.8. The molecule has 3 N–H and O–H groups in total. The molecule has 0 saturated carbocycles. The van der Waals surface area contributed by atoms with E-state index in [1.54, 1.807) is 6.07 Å². The number of nitriles is 1. The minimum atomic E-state index is 0.645. The standard InChI is InChI=1S/C17H17N3/c18-11-12-4-3-6-14(10-12)20-16-9-8-13-5-1-2-7-15(13)17(16)19/h3-4,6,8-10,20H,1-2,5,7,19H2. The lowest BCUT2D eigenvalue weighted by atomic mass is 9.90. The van der Waals surface area contributed by atoms with Crippen molar-refractivity contribution in [3.05, 3.63) is 53.1 Å². The Bertz CT molecular complexity index is 683. The van der Waals surface area contributed by atoms with E-state index in [-0.39, 0.29) is 0 Å². The van der Waals surface area contributed by atoms with Crippen molar-refractivity contribution in [2.75, 3.05) is 11.1 Å². The Labute approximate surface area is 119 Å². The summed E-state index contributed by atoms with van der Waals surface area (Å²) in [7, 11) is 0. The van der Waals surface area contributed by atoms with Gasteiger partial charge in [-0.05, 0) is 61.1 Å². The first-order chi connectivity index (χ1) is 9.78. The van der Waals surface area contributed by atoms with E-state index < -0.39 is 0 Å². The number of fused-ring (bicyclic) bond motifs is 1. The molecular formula is C17H17N3. The Morgan fingerprint density at radius 1 is 1.10 bits per heavy atom. The molecule has 0 unspecified atom stereocenters. The highest BCUT2D eigenvalue weighted by Gasteiger charge is 2.14. The fourth-order valence-electron chi connectivity index (χ4n) is 2.79. The number of nitrogen functional groups attached to an aromatic ring is 1. The van der Waals surface area contributed by atoms with Gasteiger partial charge in [-0.3, -0.25) is 0 Å². The van der Waals surface area contributed by atoms with Gasteiger partial charge < -0.3 is 11.1 Å². The molecule has 2 aromatic rings. The average molecular weight is 263 g/mol. The molecule has 0 heterocycles. The fraction of sp³-hybridized carbons (Fsp3) is 0.235. The van der Waals surface area contributed by atoms with Crippen LogP contribution in [0, 0.1) is 11.3 Å². The van der Waals surface area contributed by atoms with Gasteiger partial charge in [0.25, 0.3) is 0 Å². The van der Waals surface area contributed by atoms with Gasteiger partial charge in [0.2, 0.25) is 0 Å². The summed E-state index contributed by atoms with van der Waals surface area (Å²) in [6.07, 6.45) is 4.66. The number of nitrogens with two attached hydrogens (primary N) is 1. The maximum absolute atomic E-state index is 8.94. The SMILES string of the molecule is N#Cc1cccc(Nc2ccc3c(c2N)CCCC3)c1. The molecule has 3 heteroatoms. The van der Waals surface area contributed by atoms with E-state index in [9.17, 15) is 0 Å². The smallest absolute Gasteiger partial charge is 0.0992 e. The summed E-state index contributed by atoms with van der Waals surface area (Å²) >= 11 is 0. The van der Waals surface area contributed by atoms with Gasteiger partial charge in [0, 0.05) is 5.69 Å². The van der Waals surface area contributed by atoms with Gasteiger partial charge in [0.1, 0.15) is 0 Å². The Balaban J connectivity index is 1.93. The Hall–Kier alpha value is -2.47. The summed E-state index contributed by atoms with van der Waals surface area (Å²) in [5.74, 6) is 0. The summed E-state index contributed by atoms with van der Waals surface area (Å²) in [5.41, 5.74) is 12.3. The van der Waals surface area contributed by atoms with Gasteiger partial charge in [0.15, 0.2) is 0 Å². The molecule has 2 aromatic carbocycles. The number of nitrogens with one attached hydrogen (secondary N) is 1. The van der Waals surface area contributed by atoms with E-state index in [2.05, 4.69) is 17.5 Å². The third kappa shape index (κ3) is 2.33. The number of nitrogens with zero attached hydrogens (tertiary/aromatic N) is 1. The average Bonchev–Trinajstić information content (AvgIpc) is 2.50. The number of aryl methyl sites for hydroxylation is 1. The molecule has 0 radical (unpaired) electrons. The topological polar surface area (TPSA) is 61.8 Å². The molecular weight excluding hydrogens is 246 g/mol. The molecule has 0 bridgehead atoms. The van der Waals surface area contributed by atoms with Crippen LogP contribution in [-0.4, -0.2) is 0 Å². The van der Waals surface area contributed by atoms with Crippen molar-refractivity contribution < 1.29 is 0 Å². The maximum Gasteiger partial charge on any atom is 0.0992 e. The summed E-state index contributed by atoms with van der Waals surface area (Å²) < 4.78 is 0. The molecule has 0 aliphatic heterocycles. The largest absolute Gasteiger partial charge is 0.397 e. The van der Waals surface area contributed by atoms with Crippen LogP contribution in [0.4, 0.5) is 17.1 Å². The van der Waals surface area contributed by atoms with Crippen LogP contribution in [0.15, 0.2) is 36.4 Å². The van der Waals surface area contributed by atoms with Crippen molar-refractivity contribution in [2.45, 2.75) is 25.7 Å². The summed E-state index contributed by atoms with van der Waals surface area (Å²) in [6.45, 7) is 0. The summed E-state index contributed by atoms with van der Waals surface area (Å²) in [5, 5.41) is 12.3. The van der Waals surface area contributed by atoms with Crippen LogP contribution >= 0.6 is 0 Å². The first-order valence-electron chi connectivity index (χ1n) is 6.95. The lowest BCUT2D eigenvalue weighted by Crippen LogP contribution is -2.08. The number of hydrogen-bond donors (Lipinski definition) is 2. The third-order valence-corrected chi connectivity index (χ3v) is 3.85. The van der Waals surface area contributed by atoms with E-state index in [0.717, 1.165) is 29.9 Å². The molecule has 0 atom stereocenters. The molecule has 1 aliphatic rings. The van der Waals surface area contributed by atoms with E-state index in [1.165, 1.54) is 24.0 Å². The zero-order valence-electron chi connectivity index (χ0n) is 11.3. The Morgan fingerprint density at radius 3 is 2.80 bits per heavy atom. The molecule has 3 rings (SSSR count). The zero-order chi connectivity index (χ0) is 13.9. The number of rotatable bonds is 2. The zero-order valence-corrected chi connectivity index (χ0v) is 11.3. The predicted molar refractivity (Wildman–Crippen MR) is 81.9 cm³/mol. The highest BCUT2D eigenvalue weighted by Crippen LogP contribution is 2.33. The van der Waals surface area contributed by atoms with Crippen LogP contribution in [-0.2, 0) is 12.8 Å². The van der Waals surface area contributed by atoms with Gasteiger partial charge in [0.05, 0.1) is 23.0 Å². The maximum atomic E-state index is 8.94. The molecule has 0 fully saturated rings. The highest BCUT2D eigenvalue weighted by atomic mass is 14.9. The van der Waals surface area contributed by atoms with Crippen LogP contribution in [0.1, 0.15) is 29.5 Å². The number of hydrogen-bond acceptors (Lipinski definition) is 3. The van der Waals surface area contributed by atoms with Crippen LogP contribution in [0.5, 0.6) is 0 Å². The first kappa shape index (κ1) is 12.6. The van der Waals surface area contributed by atoms with Crippen LogP contribution in [0.2, 0.25) is 0 Å². The monoisotopic (exact) mass is 263 g/mol. The molecule has 20 heavy (non-hydrogen) atoms. The number of benzene rings is 2. The molecule has 1 aliphatic carbocycles. The minimum Gasteiger partial charge on any atom is -0.397 e. The van der Waals surface area contributed by atoms with Gasteiger partial charge in [-0.2, -0.15) is 5.26 Å². The van der Waals surface area contributed by atoms with E-state index in [1.807, 2.05) is 24.3 Å². The van der Waals surface area contributed by atoms with Gasteiger partial charge in [-0.25, -0.2) is 0 Å². The van der Waals surface area contributed by atoms with E-state index in [0.29, 0.717) is 5.56 Å². The fourth-order valence-corrected chi connectivity index (χ4v) is 2.79. The van der Waals surface area contributed by atoms with Gasteiger partial charge >= 0.3 is 0 Å². The van der Waals surface area contributed by atoms with Crippen molar-refractivity contribution in [1.82, 2.24) is 0 Å². The number of anilines is 3. The third-order valence-electron chi connectivity index (χ3n) is 3.85. The van der Waals surface area contributed by atoms with Gasteiger partial charge in [-0.1, -0.05) is 12.1 Å². The normalized spacial score (nSPS) is 13.3. The molecule has 0 saturated heterocycles. The van der Waals surface area contributed by atoms with Crippen LogP contribution in [0.25, 0.3) is 0 Å². The predicted octanol–water partition coefficient (Wildman–Crippen LogP) is 3.76. The Morgan fingerprint density at radius 2 is 1.95 bits per heavy atom. The highest BCUT2D eigenvalue weighted by molar-refractivity contribution is 5.77. The second-order valence-electron chi connectivity index (χ2n) is 5.19. The quantitative estimate of drug-likeness (QED) is 0.811. The first-order valence-corrected chi connectivity index (χ1v) is 6.95. The van der Waals surface area contributed by atoms with Crippen LogP contribution < -0.4 is 11.1 Å². The molecule has 3 nitrogen and oxygen atoms in total. The second kappa shape index (κ2) is 5.26. The molecule has 0 spiro atoms. The molecule has 0 aromatic heterocycles. The van der Waals surface area contributed by atoms with E-state index in [4.69, 9.17) is 11.0 Å². The van der Waals surface area contributed by atoms with E-state index >= 15 is 0 Å². The Kier molecular flexibility index (Phi) is 3.30. The molecule has 0 amide bonds. The van der Waals surface area contributed by atoms with Crippen molar-refractivity contribution in [3.8, 4) is 6.07 Å². The molecule has 100 valence electrons. The van der Waals surface area contributed by atoms with Crippen molar-refractivity contribution in [3.63, 3.8) is 0 Å². The van der Waals surface area contributed by atoms with Crippen molar-refractivity contribution in [2.24, 2.45) is 0 Å². The minimum absolute atomic E-state index is 0.645. The van der Waals surface area contributed by atoms with Crippen molar-refractivity contribution in [1.29, 1.82) is 5.26 Å². The second-order valence-corrected chi connectivity index (χ2v) is 5.19. The van der Waals surface area contributed by atoms with Crippen molar-refractivity contribution >= 4 is 17.1 Å². The lowest BCUT2D eigenvalue weighted by Gasteiger charge is -2.20.